The van der Waals surface area contributed by atoms with Crippen LogP contribution in [0.2, 0.25) is 0 Å². The lowest BCUT2D eigenvalue weighted by atomic mass is 10.1. The third kappa shape index (κ3) is 6.24. The maximum Gasteiger partial charge on any atom is 0.344 e. The summed E-state index contributed by atoms with van der Waals surface area (Å²) in [5.74, 6) is -1.41. The zero-order valence-corrected chi connectivity index (χ0v) is 15.2. The third-order valence-electron chi connectivity index (χ3n) is 3.62. The minimum Gasteiger partial charge on any atom is -0.481 e. The summed E-state index contributed by atoms with van der Waals surface area (Å²) in [5.41, 5.74) is 1.48. The molecular formula is C20H19NO7. The summed E-state index contributed by atoms with van der Waals surface area (Å²) in [6.07, 6.45) is 0.617. The van der Waals surface area contributed by atoms with Crippen LogP contribution in [0.3, 0.4) is 0 Å². The van der Waals surface area contributed by atoms with Crippen molar-refractivity contribution in [3.63, 3.8) is 0 Å². The van der Waals surface area contributed by atoms with Gasteiger partial charge in [-0.2, -0.15) is 0 Å². The molecule has 0 spiro atoms. The number of esters is 2. The molecule has 0 aliphatic heterocycles. The lowest BCUT2D eigenvalue weighted by Crippen LogP contribution is -2.29. The SMILES string of the molecule is COC(=O)c1ccc(CNC(=O)COC(=O)COc2ccccc2C=O)cc1. The van der Waals surface area contributed by atoms with E-state index in [1.165, 1.54) is 7.11 Å². The summed E-state index contributed by atoms with van der Waals surface area (Å²) in [5, 5.41) is 2.59. The Morgan fingerprint density at radius 2 is 1.71 bits per heavy atom. The molecule has 0 aromatic heterocycles. The van der Waals surface area contributed by atoms with Gasteiger partial charge in [0.05, 0.1) is 18.2 Å². The van der Waals surface area contributed by atoms with Crippen LogP contribution in [0.5, 0.6) is 5.75 Å². The first-order valence-corrected chi connectivity index (χ1v) is 8.30. The molecule has 0 unspecified atom stereocenters. The fourth-order valence-electron chi connectivity index (χ4n) is 2.16. The molecule has 0 heterocycles. The normalized spacial score (nSPS) is 9.89. The highest BCUT2D eigenvalue weighted by atomic mass is 16.6. The molecule has 0 aliphatic carbocycles. The van der Waals surface area contributed by atoms with Crippen molar-refractivity contribution < 1.29 is 33.4 Å². The maximum atomic E-state index is 11.8. The minimum absolute atomic E-state index is 0.209. The zero-order chi connectivity index (χ0) is 20.4. The highest BCUT2D eigenvalue weighted by Gasteiger charge is 2.10. The topological polar surface area (TPSA) is 108 Å². The lowest BCUT2D eigenvalue weighted by Gasteiger charge is -2.09. The molecule has 0 atom stereocenters. The van der Waals surface area contributed by atoms with Gasteiger partial charge in [-0.25, -0.2) is 9.59 Å². The van der Waals surface area contributed by atoms with E-state index in [2.05, 4.69) is 10.1 Å². The Morgan fingerprint density at radius 1 is 1.00 bits per heavy atom. The average molecular weight is 385 g/mol. The Bertz CT molecular complexity index is 846. The summed E-state index contributed by atoms with van der Waals surface area (Å²) in [6.45, 7) is -0.675. The highest BCUT2D eigenvalue weighted by Crippen LogP contribution is 2.15. The van der Waals surface area contributed by atoms with Crippen molar-refractivity contribution in [2.45, 2.75) is 6.54 Å². The predicted octanol–water partition coefficient (Wildman–Crippen LogP) is 1.52. The molecule has 8 heteroatoms. The van der Waals surface area contributed by atoms with E-state index in [1.54, 1.807) is 48.5 Å². The van der Waals surface area contributed by atoms with Crippen LogP contribution < -0.4 is 10.1 Å². The Labute approximate surface area is 161 Å². The standard InChI is InChI=1S/C20H19NO7/c1-26-20(25)15-8-6-14(7-9-15)10-21-18(23)12-28-19(24)13-27-17-5-3-2-4-16(17)11-22/h2-9,11H,10,12-13H2,1H3,(H,21,23). The van der Waals surface area contributed by atoms with Crippen LogP contribution in [0.15, 0.2) is 48.5 Å². The molecular weight excluding hydrogens is 366 g/mol. The number of rotatable bonds is 9. The van der Waals surface area contributed by atoms with E-state index >= 15 is 0 Å². The molecule has 1 N–H and O–H groups in total. The third-order valence-corrected chi connectivity index (χ3v) is 3.62. The Hall–Kier alpha value is -3.68. The van der Waals surface area contributed by atoms with Gasteiger partial charge in [-0.3, -0.25) is 9.59 Å². The molecule has 1 amide bonds. The molecule has 2 aromatic rings. The van der Waals surface area contributed by atoms with Gasteiger partial charge in [0.1, 0.15) is 5.75 Å². The molecule has 0 bridgehead atoms. The summed E-state index contributed by atoms with van der Waals surface area (Å²) >= 11 is 0. The van der Waals surface area contributed by atoms with E-state index in [0.717, 1.165) is 5.56 Å². The van der Waals surface area contributed by atoms with Crippen molar-refractivity contribution in [1.29, 1.82) is 0 Å². The number of hydrogen-bond acceptors (Lipinski definition) is 7. The molecule has 146 valence electrons. The van der Waals surface area contributed by atoms with Crippen LogP contribution >= 0.6 is 0 Å². The second kappa shape index (κ2) is 10.5. The van der Waals surface area contributed by atoms with Gasteiger partial charge in [0.25, 0.3) is 5.91 Å². The van der Waals surface area contributed by atoms with Crippen LogP contribution in [0.1, 0.15) is 26.3 Å². The van der Waals surface area contributed by atoms with Gasteiger partial charge in [0.15, 0.2) is 19.5 Å². The molecule has 0 aliphatic rings. The van der Waals surface area contributed by atoms with E-state index in [-0.39, 0.29) is 12.3 Å². The number of carbonyl (C=O) groups excluding carboxylic acids is 4. The van der Waals surface area contributed by atoms with Crippen molar-refractivity contribution in [2.24, 2.45) is 0 Å². The maximum absolute atomic E-state index is 11.8. The van der Waals surface area contributed by atoms with Crippen molar-refractivity contribution in [3.8, 4) is 5.75 Å². The van der Waals surface area contributed by atoms with Crippen LogP contribution in [0.4, 0.5) is 0 Å². The monoisotopic (exact) mass is 385 g/mol. The Kier molecular flexibility index (Phi) is 7.71. The predicted molar refractivity (Wildman–Crippen MR) is 97.9 cm³/mol. The number of amides is 1. The van der Waals surface area contributed by atoms with Crippen LogP contribution in [-0.4, -0.2) is 44.5 Å². The van der Waals surface area contributed by atoms with Crippen LogP contribution in [0.25, 0.3) is 0 Å². The van der Waals surface area contributed by atoms with E-state index in [9.17, 15) is 19.2 Å². The number of ether oxygens (including phenoxy) is 3. The molecule has 28 heavy (non-hydrogen) atoms. The van der Waals surface area contributed by atoms with Crippen molar-refractivity contribution in [1.82, 2.24) is 5.32 Å². The molecule has 2 rings (SSSR count). The summed E-state index contributed by atoms with van der Waals surface area (Å²) in [6, 6.07) is 13.0. The van der Waals surface area contributed by atoms with Gasteiger partial charge in [-0.05, 0) is 29.8 Å². The minimum atomic E-state index is -0.738. The van der Waals surface area contributed by atoms with E-state index in [0.29, 0.717) is 17.4 Å². The molecule has 0 saturated heterocycles. The van der Waals surface area contributed by atoms with Gasteiger partial charge >= 0.3 is 11.9 Å². The van der Waals surface area contributed by atoms with Gasteiger partial charge in [0, 0.05) is 6.54 Å². The number of methoxy groups -OCH3 is 1. The number of nitrogens with one attached hydrogen (secondary N) is 1. The fraction of sp³-hybridized carbons (Fsp3) is 0.200. The number of para-hydroxylation sites is 1. The summed E-state index contributed by atoms with van der Waals surface area (Å²) in [4.78, 5) is 45.7. The largest absolute Gasteiger partial charge is 0.481 e. The van der Waals surface area contributed by atoms with Crippen LogP contribution in [-0.2, 0) is 25.6 Å². The summed E-state index contributed by atoms with van der Waals surface area (Å²) in [7, 11) is 1.30. The lowest BCUT2D eigenvalue weighted by molar-refractivity contribution is -0.150. The first kappa shape index (κ1) is 20.6. The van der Waals surface area contributed by atoms with Gasteiger partial charge in [-0.15, -0.1) is 0 Å². The Balaban J connectivity index is 1.71. The van der Waals surface area contributed by atoms with E-state index in [1.807, 2.05) is 0 Å². The first-order chi connectivity index (χ1) is 13.5. The average Bonchev–Trinajstić information content (AvgIpc) is 2.74. The molecule has 0 saturated carbocycles. The molecule has 0 fully saturated rings. The van der Waals surface area contributed by atoms with Crippen molar-refractivity contribution in [2.75, 3.05) is 20.3 Å². The number of carbonyl (C=O) groups is 4. The second-order valence-corrected chi connectivity index (χ2v) is 5.57. The van der Waals surface area contributed by atoms with Gasteiger partial charge < -0.3 is 19.5 Å². The first-order valence-electron chi connectivity index (χ1n) is 8.30. The number of aldehydes is 1. The van der Waals surface area contributed by atoms with E-state index in [4.69, 9.17) is 9.47 Å². The van der Waals surface area contributed by atoms with Crippen LogP contribution in [0, 0.1) is 0 Å². The molecule has 0 radical (unpaired) electrons. The quantitative estimate of drug-likeness (QED) is 0.515. The second-order valence-electron chi connectivity index (χ2n) is 5.57. The molecule has 8 nitrogen and oxygen atoms in total. The Morgan fingerprint density at radius 3 is 2.39 bits per heavy atom. The number of benzene rings is 2. The zero-order valence-electron chi connectivity index (χ0n) is 15.2. The summed E-state index contributed by atoms with van der Waals surface area (Å²) < 4.78 is 14.6. The number of hydrogen-bond donors (Lipinski definition) is 1. The van der Waals surface area contributed by atoms with Gasteiger partial charge in [-0.1, -0.05) is 24.3 Å². The van der Waals surface area contributed by atoms with Crippen molar-refractivity contribution >= 4 is 24.1 Å². The van der Waals surface area contributed by atoms with Gasteiger partial charge in [0.2, 0.25) is 0 Å². The molecule has 2 aromatic carbocycles. The van der Waals surface area contributed by atoms with E-state index < -0.39 is 31.1 Å². The fourth-order valence-corrected chi connectivity index (χ4v) is 2.16. The van der Waals surface area contributed by atoms with Crippen molar-refractivity contribution in [3.05, 3.63) is 65.2 Å². The highest BCUT2D eigenvalue weighted by molar-refractivity contribution is 5.89. The smallest absolute Gasteiger partial charge is 0.344 e.